The van der Waals surface area contributed by atoms with Crippen molar-refractivity contribution in [2.45, 2.75) is 27.7 Å². The Morgan fingerprint density at radius 2 is 1.07 bits per heavy atom. The van der Waals surface area contributed by atoms with Gasteiger partial charge in [-0.15, -0.1) is 0 Å². The van der Waals surface area contributed by atoms with Gasteiger partial charge in [0.05, 0.1) is 11.4 Å². The molecule has 0 rings (SSSR count). The van der Waals surface area contributed by atoms with Crippen molar-refractivity contribution in [3.05, 3.63) is 35.7 Å². The molecule has 0 N–H and O–H groups in total. The molecule has 0 amide bonds. The van der Waals surface area contributed by atoms with Crippen molar-refractivity contribution in [1.82, 2.24) is 0 Å². The maximum Gasteiger partial charge on any atom is 0.0878 e. The van der Waals surface area contributed by atoms with E-state index in [4.69, 9.17) is 0 Å². The van der Waals surface area contributed by atoms with E-state index in [2.05, 4.69) is 9.98 Å². The lowest BCUT2D eigenvalue weighted by molar-refractivity contribution is 1.27. The molecular weight excluding hydrogens is 172 g/mol. The van der Waals surface area contributed by atoms with E-state index in [-0.39, 0.29) is 0 Å². The Labute approximate surface area is 86.5 Å². The van der Waals surface area contributed by atoms with Crippen LogP contribution >= 0.6 is 0 Å². The van der Waals surface area contributed by atoms with Gasteiger partial charge in [0.1, 0.15) is 0 Å². The molecule has 2 nitrogen and oxygen atoms in total. The number of nitrogens with zero attached hydrogens (tertiary/aromatic N) is 2. The van der Waals surface area contributed by atoms with E-state index in [1.54, 1.807) is 12.4 Å². The second kappa shape index (κ2) is 8.17. The van der Waals surface area contributed by atoms with Gasteiger partial charge in [0.2, 0.25) is 0 Å². The SMILES string of the molecule is CC=NC(/C=C\C)=C(/C=C\C)N=CC. The molecular formula is C12H18N2. The predicted octanol–water partition coefficient (Wildman–Crippen LogP) is 3.53. The lowest BCUT2D eigenvalue weighted by Crippen LogP contribution is -1.82. The quantitative estimate of drug-likeness (QED) is 0.478. The van der Waals surface area contributed by atoms with E-state index in [0.29, 0.717) is 0 Å². The van der Waals surface area contributed by atoms with Crippen molar-refractivity contribution in [1.29, 1.82) is 0 Å². The third-order valence-electron chi connectivity index (χ3n) is 1.45. The van der Waals surface area contributed by atoms with Gasteiger partial charge < -0.3 is 0 Å². The fourth-order valence-corrected chi connectivity index (χ4v) is 0.983. The summed E-state index contributed by atoms with van der Waals surface area (Å²) in [6.45, 7) is 7.72. The highest BCUT2D eigenvalue weighted by Gasteiger charge is 1.95. The Morgan fingerprint density at radius 3 is 1.29 bits per heavy atom. The molecule has 0 aliphatic carbocycles. The molecule has 0 saturated heterocycles. The van der Waals surface area contributed by atoms with Gasteiger partial charge in [0, 0.05) is 12.4 Å². The Kier molecular flexibility index (Phi) is 7.33. The lowest BCUT2D eigenvalue weighted by atomic mass is 10.3. The van der Waals surface area contributed by atoms with E-state index >= 15 is 0 Å². The van der Waals surface area contributed by atoms with Crippen LogP contribution in [-0.4, -0.2) is 12.4 Å². The van der Waals surface area contributed by atoms with Crippen LogP contribution in [0, 0.1) is 0 Å². The topological polar surface area (TPSA) is 24.7 Å². The highest BCUT2D eigenvalue weighted by molar-refractivity contribution is 5.60. The van der Waals surface area contributed by atoms with Crippen LogP contribution in [0.5, 0.6) is 0 Å². The molecule has 0 aliphatic heterocycles. The first-order valence-electron chi connectivity index (χ1n) is 4.77. The van der Waals surface area contributed by atoms with Crippen LogP contribution in [0.3, 0.4) is 0 Å². The molecule has 0 aromatic carbocycles. The van der Waals surface area contributed by atoms with Crippen molar-refractivity contribution < 1.29 is 0 Å². The molecule has 0 fully saturated rings. The van der Waals surface area contributed by atoms with Crippen molar-refractivity contribution in [3.63, 3.8) is 0 Å². The van der Waals surface area contributed by atoms with Gasteiger partial charge in [0.25, 0.3) is 0 Å². The molecule has 0 spiro atoms. The molecule has 0 heterocycles. The second-order valence-corrected chi connectivity index (χ2v) is 2.55. The predicted molar refractivity (Wildman–Crippen MR) is 65.0 cm³/mol. The average molecular weight is 190 g/mol. The maximum atomic E-state index is 4.25. The van der Waals surface area contributed by atoms with Gasteiger partial charge in [-0.3, -0.25) is 9.98 Å². The average Bonchev–Trinajstić information content (AvgIpc) is 2.17. The molecule has 14 heavy (non-hydrogen) atoms. The first kappa shape index (κ1) is 12.6. The highest BCUT2D eigenvalue weighted by Crippen LogP contribution is 2.10. The molecule has 0 aromatic rings. The van der Waals surface area contributed by atoms with E-state index in [0.717, 1.165) is 11.4 Å². The van der Waals surface area contributed by atoms with Gasteiger partial charge in [0.15, 0.2) is 0 Å². The smallest absolute Gasteiger partial charge is 0.0878 e. The van der Waals surface area contributed by atoms with Gasteiger partial charge >= 0.3 is 0 Å². The monoisotopic (exact) mass is 190 g/mol. The minimum absolute atomic E-state index is 0.881. The minimum Gasteiger partial charge on any atom is -0.259 e. The zero-order valence-corrected chi connectivity index (χ0v) is 9.36. The second-order valence-electron chi connectivity index (χ2n) is 2.55. The number of hydrogen-bond donors (Lipinski definition) is 0. The Morgan fingerprint density at radius 1 is 0.714 bits per heavy atom. The van der Waals surface area contributed by atoms with E-state index in [9.17, 15) is 0 Å². The summed E-state index contributed by atoms with van der Waals surface area (Å²) in [6.07, 6.45) is 11.3. The molecule has 0 unspecified atom stereocenters. The summed E-state index contributed by atoms with van der Waals surface area (Å²) < 4.78 is 0. The number of aliphatic imine (C=N–C) groups is 2. The molecule has 0 atom stereocenters. The summed E-state index contributed by atoms with van der Waals surface area (Å²) in [6, 6.07) is 0. The van der Waals surface area contributed by atoms with E-state index in [1.807, 2.05) is 52.0 Å². The first-order valence-corrected chi connectivity index (χ1v) is 4.77. The number of hydrogen-bond acceptors (Lipinski definition) is 2. The van der Waals surface area contributed by atoms with Gasteiger partial charge in [-0.25, -0.2) is 0 Å². The normalized spacial score (nSPS) is 15.1. The largest absolute Gasteiger partial charge is 0.259 e. The summed E-state index contributed by atoms with van der Waals surface area (Å²) in [7, 11) is 0. The molecule has 0 radical (unpaired) electrons. The van der Waals surface area contributed by atoms with Gasteiger partial charge in [-0.2, -0.15) is 0 Å². The highest BCUT2D eigenvalue weighted by atomic mass is 14.8. The zero-order valence-electron chi connectivity index (χ0n) is 9.36. The van der Waals surface area contributed by atoms with Crippen LogP contribution in [0.15, 0.2) is 45.7 Å². The Bertz CT molecular complexity index is 233. The van der Waals surface area contributed by atoms with Crippen molar-refractivity contribution >= 4 is 12.4 Å². The summed E-state index contributed by atoms with van der Waals surface area (Å²) in [4.78, 5) is 8.51. The number of allylic oxidation sites excluding steroid dienone is 4. The van der Waals surface area contributed by atoms with Gasteiger partial charge in [-0.05, 0) is 39.8 Å². The van der Waals surface area contributed by atoms with Crippen molar-refractivity contribution in [3.8, 4) is 0 Å². The first-order chi connectivity index (χ1) is 6.79. The van der Waals surface area contributed by atoms with Crippen LogP contribution in [0.25, 0.3) is 0 Å². The Balaban J connectivity index is 5.23. The third kappa shape index (κ3) is 4.55. The minimum atomic E-state index is 0.881. The zero-order chi connectivity index (χ0) is 10.8. The Hall–Kier alpha value is -1.44. The summed E-state index contributed by atoms with van der Waals surface area (Å²) in [5.41, 5.74) is 1.76. The van der Waals surface area contributed by atoms with Crippen LogP contribution in [0.1, 0.15) is 27.7 Å². The standard InChI is InChI=1S/C12H18N2/c1-5-9-11(13-7-3)12(10-6-2)14-8-4/h5-10H,1-4H3/b9-5-,10-6-,12-11-,13-7?,14-8?. The van der Waals surface area contributed by atoms with Crippen LogP contribution in [0.2, 0.25) is 0 Å². The molecule has 0 saturated carbocycles. The van der Waals surface area contributed by atoms with Crippen LogP contribution in [-0.2, 0) is 0 Å². The lowest BCUT2D eigenvalue weighted by Gasteiger charge is -1.98. The van der Waals surface area contributed by atoms with Crippen molar-refractivity contribution in [2.75, 3.05) is 0 Å². The van der Waals surface area contributed by atoms with Crippen LogP contribution < -0.4 is 0 Å². The molecule has 76 valence electrons. The summed E-state index contributed by atoms with van der Waals surface area (Å²) in [5.74, 6) is 0. The summed E-state index contributed by atoms with van der Waals surface area (Å²) in [5, 5.41) is 0. The fraction of sp³-hybridized carbons (Fsp3) is 0.333. The number of rotatable bonds is 4. The van der Waals surface area contributed by atoms with Crippen LogP contribution in [0.4, 0.5) is 0 Å². The molecule has 0 aliphatic rings. The molecule has 0 bridgehead atoms. The third-order valence-corrected chi connectivity index (χ3v) is 1.45. The van der Waals surface area contributed by atoms with E-state index < -0.39 is 0 Å². The van der Waals surface area contributed by atoms with Crippen molar-refractivity contribution in [2.24, 2.45) is 9.98 Å². The molecule has 0 aromatic heterocycles. The maximum absolute atomic E-state index is 4.25. The fourth-order valence-electron chi connectivity index (χ4n) is 0.983. The molecule has 2 heteroatoms. The van der Waals surface area contributed by atoms with E-state index in [1.165, 1.54) is 0 Å². The van der Waals surface area contributed by atoms with Gasteiger partial charge in [-0.1, -0.05) is 12.2 Å². The summed E-state index contributed by atoms with van der Waals surface area (Å²) >= 11 is 0.